The minimum Gasteiger partial charge on any atom is -0.496 e. The Kier molecular flexibility index (Phi) is 8.15. The summed E-state index contributed by atoms with van der Waals surface area (Å²) in [5.74, 6) is 0.0997. The Bertz CT molecular complexity index is 1740. The Morgan fingerprint density at radius 3 is 2.21 bits per heavy atom. The van der Waals surface area contributed by atoms with E-state index in [4.69, 9.17) is 42.5 Å². The summed E-state index contributed by atoms with van der Waals surface area (Å²) in [7, 11) is 6.15. The van der Waals surface area contributed by atoms with Gasteiger partial charge in [-0.3, -0.25) is 4.79 Å². The van der Waals surface area contributed by atoms with Gasteiger partial charge < -0.3 is 19.1 Å². The number of carbonyl (C=O) groups is 2. The van der Waals surface area contributed by atoms with E-state index in [0.29, 0.717) is 51.3 Å². The van der Waals surface area contributed by atoms with Gasteiger partial charge in [0.15, 0.2) is 5.69 Å². The predicted octanol–water partition coefficient (Wildman–Crippen LogP) is 6.68. The number of hydrogen-bond acceptors (Lipinski definition) is 7. The smallest absolute Gasteiger partial charge is 0.338 e. The monoisotopic (exact) mass is 622 g/mol. The molecule has 0 bridgehead atoms. The van der Waals surface area contributed by atoms with Gasteiger partial charge in [-0.25, -0.2) is 14.5 Å². The number of methoxy groups -OCH3 is 3. The maximum absolute atomic E-state index is 13.9. The van der Waals surface area contributed by atoms with E-state index in [2.05, 4.69) is 4.98 Å². The van der Waals surface area contributed by atoms with E-state index in [0.717, 1.165) is 22.4 Å². The third-order valence-electron chi connectivity index (χ3n) is 7.62. The SMILES string of the molecule is COC(=O)c1cc(OC)nc(-c2cc3c(cc2OC)CCc2c(C(=O)N(C)C(C)(C)C)nn(-c4cc(Cl)cc(Cl)c4)c2-3)c1. The second-order valence-corrected chi connectivity index (χ2v) is 12.1. The Labute approximate surface area is 260 Å². The van der Waals surface area contributed by atoms with Crippen molar-refractivity contribution in [3.8, 4) is 39.8 Å². The van der Waals surface area contributed by atoms with Crippen LogP contribution in [-0.2, 0) is 17.6 Å². The highest BCUT2D eigenvalue weighted by atomic mass is 35.5. The molecular weight excluding hydrogens is 591 g/mol. The first-order valence-corrected chi connectivity index (χ1v) is 14.3. The molecule has 0 radical (unpaired) electrons. The summed E-state index contributed by atoms with van der Waals surface area (Å²) in [6.07, 6.45) is 1.24. The van der Waals surface area contributed by atoms with Crippen molar-refractivity contribution in [3.63, 3.8) is 0 Å². The van der Waals surface area contributed by atoms with E-state index >= 15 is 0 Å². The fourth-order valence-corrected chi connectivity index (χ4v) is 5.62. The molecule has 9 nitrogen and oxygen atoms in total. The largest absolute Gasteiger partial charge is 0.496 e. The molecule has 0 unspecified atom stereocenters. The number of aryl methyl sites for hydroxylation is 1. The molecule has 0 fully saturated rings. The molecule has 0 saturated carbocycles. The van der Waals surface area contributed by atoms with Gasteiger partial charge in [0.25, 0.3) is 5.91 Å². The number of fused-ring (bicyclic) bond motifs is 3. The van der Waals surface area contributed by atoms with E-state index in [-0.39, 0.29) is 17.4 Å². The normalized spacial score (nSPS) is 12.3. The van der Waals surface area contributed by atoms with E-state index in [9.17, 15) is 9.59 Å². The Balaban J connectivity index is 1.80. The minimum absolute atomic E-state index is 0.190. The van der Waals surface area contributed by atoms with Gasteiger partial charge in [-0.05, 0) is 75.6 Å². The zero-order chi connectivity index (χ0) is 31.2. The van der Waals surface area contributed by atoms with Crippen molar-refractivity contribution >= 4 is 35.1 Å². The average molecular weight is 624 g/mol. The molecule has 0 atom stereocenters. The predicted molar refractivity (Wildman–Crippen MR) is 166 cm³/mol. The molecule has 0 N–H and O–H groups in total. The summed E-state index contributed by atoms with van der Waals surface area (Å²) < 4.78 is 17.9. The first-order chi connectivity index (χ1) is 20.4. The molecule has 0 saturated heterocycles. The highest BCUT2D eigenvalue weighted by Gasteiger charge is 2.34. The molecule has 224 valence electrons. The summed E-state index contributed by atoms with van der Waals surface area (Å²) in [6, 6.07) is 12.2. The Morgan fingerprint density at radius 2 is 1.60 bits per heavy atom. The Morgan fingerprint density at radius 1 is 0.907 bits per heavy atom. The number of rotatable bonds is 6. The zero-order valence-corrected chi connectivity index (χ0v) is 26.6. The number of amides is 1. The van der Waals surface area contributed by atoms with Crippen LogP contribution in [0.2, 0.25) is 10.0 Å². The van der Waals surface area contributed by atoms with Crippen molar-refractivity contribution in [3.05, 3.63) is 74.9 Å². The summed E-state index contributed by atoms with van der Waals surface area (Å²) in [5.41, 5.74) is 5.30. The molecular formula is C32H32Cl2N4O5. The maximum atomic E-state index is 13.9. The Hall–Kier alpha value is -4.08. The fourth-order valence-electron chi connectivity index (χ4n) is 5.11. The summed E-state index contributed by atoms with van der Waals surface area (Å²) in [5, 5.41) is 5.76. The lowest BCUT2D eigenvalue weighted by Crippen LogP contribution is -2.43. The molecule has 4 aromatic rings. The molecule has 2 heterocycles. The van der Waals surface area contributed by atoms with Crippen molar-refractivity contribution < 1.29 is 23.8 Å². The zero-order valence-electron chi connectivity index (χ0n) is 25.0. The van der Waals surface area contributed by atoms with Crippen LogP contribution in [0.4, 0.5) is 0 Å². The number of aromatic nitrogens is 3. The van der Waals surface area contributed by atoms with Gasteiger partial charge in [0.05, 0.1) is 44.0 Å². The number of benzene rings is 2. The molecule has 1 aliphatic rings. The lowest BCUT2D eigenvalue weighted by Gasteiger charge is -2.31. The van der Waals surface area contributed by atoms with Crippen molar-refractivity contribution in [2.45, 2.75) is 39.2 Å². The molecule has 2 aromatic carbocycles. The molecule has 0 aliphatic heterocycles. The van der Waals surface area contributed by atoms with Gasteiger partial charge in [0.1, 0.15) is 5.75 Å². The van der Waals surface area contributed by atoms with Gasteiger partial charge in [-0.2, -0.15) is 5.10 Å². The van der Waals surface area contributed by atoms with Crippen molar-refractivity contribution in [1.82, 2.24) is 19.7 Å². The highest BCUT2D eigenvalue weighted by molar-refractivity contribution is 6.34. The van der Waals surface area contributed by atoms with Gasteiger partial charge in [0, 0.05) is 45.4 Å². The van der Waals surface area contributed by atoms with Crippen molar-refractivity contribution in [2.24, 2.45) is 0 Å². The number of esters is 1. The molecule has 5 rings (SSSR count). The van der Waals surface area contributed by atoms with Crippen LogP contribution in [0, 0.1) is 0 Å². The second-order valence-electron chi connectivity index (χ2n) is 11.2. The van der Waals surface area contributed by atoms with Crippen LogP contribution in [0.25, 0.3) is 28.2 Å². The third-order valence-corrected chi connectivity index (χ3v) is 8.06. The number of nitrogens with zero attached hydrogens (tertiary/aromatic N) is 4. The first-order valence-electron chi connectivity index (χ1n) is 13.6. The molecule has 0 spiro atoms. The van der Waals surface area contributed by atoms with Crippen LogP contribution in [0.3, 0.4) is 0 Å². The number of pyridine rings is 1. The minimum atomic E-state index is -0.525. The van der Waals surface area contributed by atoms with E-state index in [1.54, 1.807) is 48.0 Å². The van der Waals surface area contributed by atoms with E-state index in [1.807, 2.05) is 32.9 Å². The lowest BCUT2D eigenvalue weighted by molar-refractivity contribution is 0.0598. The number of halogens is 2. The maximum Gasteiger partial charge on any atom is 0.338 e. The van der Waals surface area contributed by atoms with Crippen molar-refractivity contribution in [1.29, 1.82) is 0 Å². The van der Waals surface area contributed by atoms with Gasteiger partial charge in [0.2, 0.25) is 5.88 Å². The van der Waals surface area contributed by atoms with E-state index in [1.165, 1.54) is 20.3 Å². The molecule has 2 aromatic heterocycles. The van der Waals surface area contributed by atoms with Crippen LogP contribution in [0.5, 0.6) is 11.6 Å². The summed E-state index contributed by atoms with van der Waals surface area (Å²) in [4.78, 5) is 32.6. The van der Waals surface area contributed by atoms with Crippen LogP contribution >= 0.6 is 23.2 Å². The van der Waals surface area contributed by atoms with Crippen LogP contribution in [0.1, 0.15) is 52.7 Å². The topological polar surface area (TPSA) is 95.8 Å². The quantitative estimate of drug-likeness (QED) is 0.221. The van der Waals surface area contributed by atoms with Crippen molar-refractivity contribution in [2.75, 3.05) is 28.4 Å². The second kappa shape index (κ2) is 11.5. The standard InChI is InChI=1S/C32H32Cl2N4O5/c1-32(2,3)37(4)30(39)28-22-9-8-17-11-26(41-5)24(25-10-18(31(40)43-7)12-27(35-25)42-6)16-23(17)29(22)38(36-28)21-14-19(33)13-20(34)15-21/h10-16H,8-9H2,1-7H3. The molecule has 1 aliphatic carbocycles. The number of carbonyl (C=O) groups excluding carboxylic acids is 2. The number of hydrogen-bond donors (Lipinski definition) is 0. The fraction of sp³-hybridized carbons (Fsp3) is 0.312. The lowest BCUT2D eigenvalue weighted by atomic mass is 9.86. The average Bonchev–Trinajstić information content (AvgIpc) is 3.38. The summed E-state index contributed by atoms with van der Waals surface area (Å²) >= 11 is 12.8. The molecule has 1 amide bonds. The van der Waals surface area contributed by atoms with Gasteiger partial charge >= 0.3 is 5.97 Å². The number of ether oxygens (including phenoxy) is 3. The van der Waals surface area contributed by atoms with Gasteiger partial charge in [-0.1, -0.05) is 23.2 Å². The van der Waals surface area contributed by atoms with E-state index < -0.39 is 11.5 Å². The molecule has 43 heavy (non-hydrogen) atoms. The first kappa shape index (κ1) is 30.4. The van der Waals surface area contributed by atoms with Crippen LogP contribution in [0.15, 0.2) is 42.5 Å². The molecule has 11 heteroatoms. The van der Waals surface area contributed by atoms with Crippen LogP contribution in [-0.4, -0.2) is 65.5 Å². The van der Waals surface area contributed by atoms with Crippen LogP contribution < -0.4 is 9.47 Å². The highest BCUT2D eigenvalue weighted by Crippen LogP contribution is 2.43. The third kappa shape index (κ3) is 5.67. The van der Waals surface area contributed by atoms with Gasteiger partial charge in [-0.15, -0.1) is 0 Å². The summed E-state index contributed by atoms with van der Waals surface area (Å²) in [6.45, 7) is 5.92.